The molecule has 108 valence electrons. The van der Waals surface area contributed by atoms with Crippen molar-refractivity contribution in [3.05, 3.63) is 23.8 Å². The zero-order valence-corrected chi connectivity index (χ0v) is 11.7. The maximum absolute atomic E-state index is 12.5. The smallest absolute Gasteiger partial charge is 0.254 e. The van der Waals surface area contributed by atoms with Gasteiger partial charge in [0.1, 0.15) is 13.2 Å². The molecule has 0 unspecified atom stereocenters. The third-order valence-electron chi connectivity index (χ3n) is 3.91. The lowest BCUT2D eigenvalue weighted by Gasteiger charge is -2.32. The molecule has 1 fully saturated rings. The summed E-state index contributed by atoms with van der Waals surface area (Å²) in [7, 11) is 1.95. The number of ether oxygens (including phenoxy) is 2. The molecule has 0 aliphatic carbocycles. The molecule has 1 atom stereocenters. The van der Waals surface area contributed by atoms with Crippen LogP contribution in [0.25, 0.3) is 0 Å². The Labute approximate surface area is 118 Å². The summed E-state index contributed by atoms with van der Waals surface area (Å²) in [5.74, 6) is 1.46. The molecule has 0 bridgehead atoms. The van der Waals surface area contributed by atoms with Gasteiger partial charge in [-0.1, -0.05) is 0 Å². The molecule has 0 radical (unpaired) electrons. The second kappa shape index (κ2) is 5.71. The summed E-state index contributed by atoms with van der Waals surface area (Å²) in [4.78, 5) is 14.5. The zero-order valence-electron chi connectivity index (χ0n) is 11.7. The Bertz CT molecular complexity index is 504. The summed E-state index contributed by atoms with van der Waals surface area (Å²) in [6, 6.07) is 5.82. The van der Waals surface area contributed by atoms with E-state index >= 15 is 0 Å². The molecule has 3 rings (SSSR count). The Hall–Kier alpha value is -1.75. The first kappa shape index (κ1) is 13.2. The van der Waals surface area contributed by atoms with Crippen LogP contribution in [-0.2, 0) is 0 Å². The summed E-state index contributed by atoms with van der Waals surface area (Å²) in [5, 5.41) is 3.25. The van der Waals surface area contributed by atoms with Crippen molar-refractivity contribution in [2.45, 2.75) is 18.9 Å². The number of benzene rings is 1. The highest BCUT2D eigenvalue weighted by Gasteiger charge is 2.24. The zero-order chi connectivity index (χ0) is 13.9. The van der Waals surface area contributed by atoms with Crippen LogP contribution in [0.4, 0.5) is 0 Å². The van der Waals surface area contributed by atoms with Crippen LogP contribution in [0.15, 0.2) is 18.2 Å². The number of likely N-dealkylation sites (N-methyl/N-ethyl adjacent to an activating group) is 1. The molecular weight excluding hydrogens is 256 g/mol. The lowest BCUT2D eigenvalue weighted by molar-refractivity contribution is 0.0697. The number of carbonyl (C=O) groups excluding carboxylic acids is 1. The second-order valence-corrected chi connectivity index (χ2v) is 5.24. The van der Waals surface area contributed by atoms with E-state index in [1.807, 2.05) is 24.1 Å². The van der Waals surface area contributed by atoms with Crippen molar-refractivity contribution in [2.24, 2.45) is 0 Å². The first-order chi connectivity index (χ1) is 9.78. The Morgan fingerprint density at radius 2 is 2.10 bits per heavy atom. The Kier molecular flexibility index (Phi) is 3.78. The van der Waals surface area contributed by atoms with Crippen molar-refractivity contribution in [3.63, 3.8) is 0 Å². The van der Waals surface area contributed by atoms with Crippen LogP contribution < -0.4 is 14.8 Å². The van der Waals surface area contributed by atoms with E-state index in [1.54, 1.807) is 6.07 Å². The summed E-state index contributed by atoms with van der Waals surface area (Å²) in [6.45, 7) is 2.70. The molecule has 1 aromatic rings. The van der Waals surface area contributed by atoms with Crippen LogP contribution in [0.1, 0.15) is 23.2 Å². The Morgan fingerprint density at radius 1 is 1.30 bits per heavy atom. The average Bonchev–Trinajstić information content (AvgIpc) is 2.53. The van der Waals surface area contributed by atoms with E-state index in [4.69, 9.17) is 9.47 Å². The topological polar surface area (TPSA) is 50.8 Å². The highest BCUT2D eigenvalue weighted by Crippen LogP contribution is 2.31. The highest BCUT2D eigenvalue weighted by atomic mass is 16.6. The van der Waals surface area contributed by atoms with Gasteiger partial charge in [-0.15, -0.1) is 0 Å². The van der Waals surface area contributed by atoms with Gasteiger partial charge in [0.25, 0.3) is 5.91 Å². The van der Waals surface area contributed by atoms with Gasteiger partial charge in [0.2, 0.25) is 0 Å². The fraction of sp³-hybridized carbons (Fsp3) is 0.533. The molecule has 1 saturated heterocycles. The standard InChI is InChI=1S/C15H20N2O3/c1-16-12-3-2-6-17(10-12)15(18)11-4-5-13-14(9-11)20-8-7-19-13/h4-5,9,12,16H,2-3,6-8,10H2,1H3/t12-/m1/s1. The molecular formula is C15H20N2O3. The summed E-state index contributed by atoms with van der Waals surface area (Å²) >= 11 is 0. The van der Waals surface area contributed by atoms with E-state index in [-0.39, 0.29) is 5.91 Å². The molecule has 0 spiro atoms. The van der Waals surface area contributed by atoms with Gasteiger partial charge in [-0.05, 0) is 38.1 Å². The molecule has 5 heteroatoms. The fourth-order valence-corrected chi connectivity index (χ4v) is 2.76. The molecule has 1 amide bonds. The minimum absolute atomic E-state index is 0.0712. The summed E-state index contributed by atoms with van der Waals surface area (Å²) < 4.78 is 11.0. The second-order valence-electron chi connectivity index (χ2n) is 5.24. The van der Waals surface area contributed by atoms with Crippen LogP contribution >= 0.6 is 0 Å². The number of nitrogens with zero attached hydrogens (tertiary/aromatic N) is 1. The summed E-state index contributed by atoms with van der Waals surface area (Å²) in [5.41, 5.74) is 0.672. The monoisotopic (exact) mass is 276 g/mol. The van der Waals surface area contributed by atoms with Gasteiger partial charge in [0.05, 0.1) is 0 Å². The Morgan fingerprint density at radius 3 is 2.90 bits per heavy atom. The lowest BCUT2D eigenvalue weighted by Crippen LogP contribution is -2.46. The predicted octanol–water partition coefficient (Wildman–Crippen LogP) is 1.28. The van der Waals surface area contributed by atoms with E-state index in [1.165, 1.54) is 0 Å². The minimum atomic E-state index is 0.0712. The first-order valence-corrected chi connectivity index (χ1v) is 7.14. The van der Waals surface area contributed by atoms with Crippen molar-refractivity contribution in [1.82, 2.24) is 10.2 Å². The van der Waals surface area contributed by atoms with Crippen LogP contribution in [0.3, 0.4) is 0 Å². The molecule has 2 aliphatic heterocycles. The maximum atomic E-state index is 12.5. The van der Waals surface area contributed by atoms with Crippen molar-refractivity contribution in [2.75, 3.05) is 33.4 Å². The average molecular weight is 276 g/mol. The van der Waals surface area contributed by atoms with E-state index in [2.05, 4.69) is 5.32 Å². The third kappa shape index (κ3) is 2.58. The molecule has 2 aliphatic rings. The fourth-order valence-electron chi connectivity index (χ4n) is 2.76. The largest absolute Gasteiger partial charge is 0.486 e. The molecule has 2 heterocycles. The predicted molar refractivity (Wildman–Crippen MR) is 75.4 cm³/mol. The van der Waals surface area contributed by atoms with E-state index in [0.717, 1.165) is 31.7 Å². The quantitative estimate of drug-likeness (QED) is 0.884. The summed E-state index contributed by atoms with van der Waals surface area (Å²) in [6.07, 6.45) is 2.17. The molecule has 0 aromatic heterocycles. The number of amides is 1. The molecule has 5 nitrogen and oxygen atoms in total. The van der Waals surface area contributed by atoms with Gasteiger partial charge < -0.3 is 19.7 Å². The highest BCUT2D eigenvalue weighted by molar-refractivity contribution is 5.95. The number of fused-ring (bicyclic) bond motifs is 1. The van der Waals surface area contributed by atoms with Crippen molar-refractivity contribution < 1.29 is 14.3 Å². The molecule has 20 heavy (non-hydrogen) atoms. The van der Waals surface area contributed by atoms with E-state index in [9.17, 15) is 4.79 Å². The number of rotatable bonds is 2. The normalized spacial score (nSPS) is 21.6. The number of carbonyl (C=O) groups is 1. The molecule has 0 saturated carbocycles. The number of likely N-dealkylation sites (tertiary alicyclic amines) is 1. The van der Waals surface area contributed by atoms with Crippen LogP contribution in [0.2, 0.25) is 0 Å². The van der Waals surface area contributed by atoms with E-state index < -0.39 is 0 Å². The molecule has 1 aromatic carbocycles. The van der Waals surface area contributed by atoms with E-state index in [0.29, 0.717) is 30.6 Å². The minimum Gasteiger partial charge on any atom is -0.486 e. The van der Waals surface area contributed by atoms with Gasteiger partial charge in [0, 0.05) is 24.7 Å². The number of piperidine rings is 1. The van der Waals surface area contributed by atoms with Crippen molar-refractivity contribution in [3.8, 4) is 11.5 Å². The third-order valence-corrected chi connectivity index (χ3v) is 3.91. The number of hydrogen-bond acceptors (Lipinski definition) is 4. The SMILES string of the molecule is CN[C@@H]1CCCN(C(=O)c2ccc3c(c2)OCCO3)C1. The maximum Gasteiger partial charge on any atom is 0.254 e. The van der Waals surface area contributed by atoms with Crippen molar-refractivity contribution >= 4 is 5.91 Å². The van der Waals surface area contributed by atoms with Gasteiger partial charge in [0.15, 0.2) is 11.5 Å². The van der Waals surface area contributed by atoms with Gasteiger partial charge >= 0.3 is 0 Å². The van der Waals surface area contributed by atoms with Crippen LogP contribution in [0.5, 0.6) is 11.5 Å². The first-order valence-electron chi connectivity index (χ1n) is 7.14. The number of hydrogen-bond donors (Lipinski definition) is 1. The molecule has 1 N–H and O–H groups in total. The van der Waals surface area contributed by atoms with Gasteiger partial charge in [-0.3, -0.25) is 4.79 Å². The van der Waals surface area contributed by atoms with Crippen LogP contribution in [-0.4, -0.2) is 50.2 Å². The van der Waals surface area contributed by atoms with Crippen molar-refractivity contribution in [1.29, 1.82) is 0 Å². The van der Waals surface area contributed by atoms with Crippen LogP contribution in [0, 0.1) is 0 Å². The lowest BCUT2D eigenvalue weighted by atomic mass is 10.0. The number of nitrogens with one attached hydrogen (secondary N) is 1. The van der Waals surface area contributed by atoms with Gasteiger partial charge in [-0.25, -0.2) is 0 Å². The Balaban J connectivity index is 1.76. The van der Waals surface area contributed by atoms with Gasteiger partial charge in [-0.2, -0.15) is 0 Å².